The Morgan fingerprint density at radius 1 is 1.22 bits per heavy atom. The van der Waals surface area contributed by atoms with E-state index >= 15 is 0 Å². The maximum atomic E-state index is 13.0. The summed E-state index contributed by atoms with van der Waals surface area (Å²) in [6, 6.07) is 8.22. The van der Waals surface area contributed by atoms with Crippen LogP contribution in [0.2, 0.25) is 0 Å². The van der Waals surface area contributed by atoms with E-state index in [9.17, 15) is 18.0 Å². The minimum Gasteiger partial charge on any atom is -0.319 e. The van der Waals surface area contributed by atoms with Crippen LogP contribution in [-0.2, 0) is 12.7 Å². The molecule has 3 nitrogen and oxygen atoms in total. The first-order chi connectivity index (χ1) is 10.9. The molecule has 124 valence electrons. The Hall–Kier alpha value is -2.02. The van der Waals surface area contributed by atoms with Crippen molar-refractivity contribution in [3.05, 3.63) is 52.2 Å². The number of anilines is 1. The number of thiophene rings is 1. The van der Waals surface area contributed by atoms with Gasteiger partial charge in [-0.05, 0) is 30.0 Å². The fourth-order valence-corrected chi connectivity index (χ4v) is 2.87. The van der Waals surface area contributed by atoms with E-state index in [0.29, 0.717) is 13.1 Å². The lowest BCUT2D eigenvalue weighted by Crippen LogP contribution is -2.35. The molecular formula is C16H17F3N2OS. The van der Waals surface area contributed by atoms with Crippen molar-refractivity contribution in [2.75, 3.05) is 11.9 Å². The molecule has 2 rings (SSSR count). The Morgan fingerprint density at radius 2 is 1.96 bits per heavy atom. The number of amides is 2. The Morgan fingerprint density at radius 3 is 2.57 bits per heavy atom. The third-order valence-corrected chi connectivity index (χ3v) is 4.04. The Labute approximate surface area is 136 Å². The van der Waals surface area contributed by atoms with Crippen LogP contribution >= 0.6 is 11.3 Å². The van der Waals surface area contributed by atoms with E-state index in [4.69, 9.17) is 0 Å². The van der Waals surface area contributed by atoms with Crippen LogP contribution in [0.25, 0.3) is 0 Å². The van der Waals surface area contributed by atoms with E-state index in [-0.39, 0.29) is 5.69 Å². The van der Waals surface area contributed by atoms with Gasteiger partial charge in [-0.25, -0.2) is 4.79 Å². The van der Waals surface area contributed by atoms with Gasteiger partial charge in [-0.15, -0.1) is 11.3 Å². The van der Waals surface area contributed by atoms with Crippen LogP contribution in [0.1, 0.15) is 23.8 Å². The molecule has 0 spiro atoms. The zero-order valence-electron chi connectivity index (χ0n) is 12.6. The molecular weight excluding hydrogens is 325 g/mol. The van der Waals surface area contributed by atoms with Crippen LogP contribution in [-0.4, -0.2) is 17.5 Å². The molecule has 0 saturated carbocycles. The van der Waals surface area contributed by atoms with Gasteiger partial charge in [-0.2, -0.15) is 13.2 Å². The van der Waals surface area contributed by atoms with Gasteiger partial charge in [0.1, 0.15) is 0 Å². The van der Waals surface area contributed by atoms with E-state index < -0.39 is 17.8 Å². The highest BCUT2D eigenvalue weighted by Crippen LogP contribution is 2.34. The van der Waals surface area contributed by atoms with Crippen molar-refractivity contribution < 1.29 is 18.0 Å². The van der Waals surface area contributed by atoms with E-state index in [2.05, 4.69) is 5.32 Å². The summed E-state index contributed by atoms with van der Waals surface area (Å²) in [4.78, 5) is 14.9. The highest BCUT2D eigenvalue weighted by Gasteiger charge is 2.33. The monoisotopic (exact) mass is 342 g/mol. The molecule has 0 fully saturated rings. The van der Waals surface area contributed by atoms with Crippen molar-refractivity contribution >= 4 is 23.1 Å². The number of benzene rings is 1. The molecule has 0 atom stereocenters. The summed E-state index contributed by atoms with van der Waals surface area (Å²) in [7, 11) is 0. The van der Waals surface area contributed by atoms with Gasteiger partial charge in [0.2, 0.25) is 0 Å². The molecule has 0 unspecified atom stereocenters. The first-order valence-electron chi connectivity index (χ1n) is 7.16. The van der Waals surface area contributed by atoms with Gasteiger partial charge < -0.3 is 10.2 Å². The Bertz CT molecular complexity index is 641. The van der Waals surface area contributed by atoms with Crippen molar-refractivity contribution in [1.82, 2.24) is 4.90 Å². The maximum absolute atomic E-state index is 13.0. The van der Waals surface area contributed by atoms with E-state index in [1.165, 1.54) is 34.4 Å². The third kappa shape index (κ3) is 4.72. The van der Waals surface area contributed by atoms with Crippen molar-refractivity contribution in [3.63, 3.8) is 0 Å². The normalized spacial score (nSPS) is 11.3. The van der Waals surface area contributed by atoms with Gasteiger partial charge in [-0.3, -0.25) is 0 Å². The van der Waals surface area contributed by atoms with Crippen molar-refractivity contribution in [2.24, 2.45) is 0 Å². The van der Waals surface area contributed by atoms with Crippen LogP contribution < -0.4 is 5.32 Å². The number of carbonyl (C=O) groups is 1. The second kappa shape index (κ2) is 7.50. The Kier molecular flexibility index (Phi) is 5.65. The predicted molar refractivity (Wildman–Crippen MR) is 85.5 cm³/mol. The second-order valence-electron chi connectivity index (χ2n) is 4.97. The molecule has 1 aromatic heterocycles. The first kappa shape index (κ1) is 17.3. The van der Waals surface area contributed by atoms with E-state index in [1.807, 2.05) is 24.4 Å². The molecule has 0 aliphatic carbocycles. The average Bonchev–Trinajstić information content (AvgIpc) is 2.99. The summed E-state index contributed by atoms with van der Waals surface area (Å²) in [6.45, 7) is 2.77. The van der Waals surface area contributed by atoms with Crippen molar-refractivity contribution in [3.8, 4) is 0 Å². The van der Waals surface area contributed by atoms with Crippen molar-refractivity contribution in [1.29, 1.82) is 0 Å². The smallest absolute Gasteiger partial charge is 0.319 e. The number of rotatable bonds is 5. The lowest BCUT2D eigenvalue weighted by Gasteiger charge is -2.23. The van der Waals surface area contributed by atoms with Gasteiger partial charge >= 0.3 is 12.2 Å². The first-order valence-corrected chi connectivity index (χ1v) is 8.04. The summed E-state index contributed by atoms with van der Waals surface area (Å²) >= 11 is 1.51. The maximum Gasteiger partial charge on any atom is 0.418 e. The molecule has 0 aliphatic heterocycles. The number of para-hydroxylation sites is 1. The van der Waals surface area contributed by atoms with Crippen LogP contribution in [0.3, 0.4) is 0 Å². The number of halogens is 3. The summed E-state index contributed by atoms with van der Waals surface area (Å²) in [6.07, 6.45) is -3.78. The zero-order chi connectivity index (χ0) is 16.9. The predicted octanol–water partition coefficient (Wildman–Crippen LogP) is 5.21. The SMILES string of the molecule is CCCN(Cc1cccs1)C(=O)Nc1ccccc1C(F)(F)F. The largest absolute Gasteiger partial charge is 0.418 e. The lowest BCUT2D eigenvalue weighted by atomic mass is 10.1. The van der Waals surface area contributed by atoms with Gasteiger partial charge in [0.05, 0.1) is 17.8 Å². The quantitative estimate of drug-likeness (QED) is 0.795. The molecule has 1 heterocycles. The van der Waals surface area contributed by atoms with Crippen LogP contribution in [0.15, 0.2) is 41.8 Å². The fourth-order valence-electron chi connectivity index (χ4n) is 2.15. The van der Waals surface area contributed by atoms with Gasteiger partial charge in [0.25, 0.3) is 0 Å². The van der Waals surface area contributed by atoms with E-state index in [0.717, 1.165) is 17.4 Å². The summed E-state index contributed by atoms with van der Waals surface area (Å²) in [5, 5.41) is 4.29. The molecule has 0 saturated heterocycles. The third-order valence-electron chi connectivity index (χ3n) is 3.18. The van der Waals surface area contributed by atoms with Crippen LogP contribution in [0.4, 0.5) is 23.7 Å². The number of carbonyl (C=O) groups excluding carboxylic acids is 1. The lowest BCUT2D eigenvalue weighted by molar-refractivity contribution is -0.136. The molecule has 1 aromatic carbocycles. The topological polar surface area (TPSA) is 32.3 Å². The minimum absolute atomic E-state index is 0.225. The Balaban J connectivity index is 2.16. The number of alkyl halides is 3. The summed E-state index contributed by atoms with van der Waals surface area (Å²) in [5.41, 5.74) is -1.07. The highest BCUT2D eigenvalue weighted by molar-refractivity contribution is 7.09. The molecule has 0 aliphatic rings. The van der Waals surface area contributed by atoms with Gasteiger partial charge in [0.15, 0.2) is 0 Å². The number of hydrogen-bond donors (Lipinski definition) is 1. The van der Waals surface area contributed by atoms with Crippen molar-refractivity contribution in [2.45, 2.75) is 26.1 Å². The van der Waals surface area contributed by atoms with Gasteiger partial charge in [-0.1, -0.05) is 25.1 Å². The van der Waals surface area contributed by atoms with Crippen LogP contribution in [0.5, 0.6) is 0 Å². The average molecular weight is 342 g/mol. The molecule has 0 radical (unpaired) electrons. The highest BCUT2D eigenvalue weighted by atomic mass is 32.1. The fraction of sp³-hybridized carbons (Fsp3) is 0.312. The molecule has 0 bridgehead atoms. The van der Waals surface area contributed by atoms with Crippen LogP contribution in [0, 0.1) is 0 Å². The second-order valence-corrected chi connectivity index (χ2v) is 6.01. The standard InChI is InChI=1S/C16H17F3N2OS/c1-2-9-21(11-12-6-5-10-23-12)15(22)20-14-8-4-3-7-13(14)16(17,18)19/h3-8,10H,2,9,11H2,1H3,(H,20,22). The molecule has 7 heteroatoms. The van der Waals surface area contributed by atoms with Gasteiger partial charge in [0, 0.05) is 11.4 Å². The zero-order valence-corrected chi connectivity index (χ0v) is 13.4. The summed E-state index contributed by atoms with van der Waals surface area (Å²) in [5.74, 6) is 0. The minimum atomic E-state index is -4.51. The number of nitrogens with one attached hydrogen (secondary N) is 1. The van der Waals surface area contributed by atoms with E-state index in [1.54, 1.807) is 0 Å². The number of nitrogens with zero attached hydrogens (tertiary/aromatic N) is 1. The summed E-state index contributed by atoms with van der Waals surface area (Å²) < 4.78 is 39.0. The molecule has 2 aromatic rings. The molecule has 23 heavy (non-hydrogen) atoms. The number of hydrogen-bond acceptors (Lipinski definition) is 2. The number of urea groups is 1. The molecule has 1 N–H and O–H groups in total. The molecule has 2 amide bonds.